The van der Waals surface area contributed by atoms with Gasteiger partial charge in [0, 0.05) is 17.3 Å². The summed E-state index contributed by atoms with van der Waals surface area (Å²) in [6.45, 7) is 0.186. The smallest absolute Gasteiger partial charge is 0.304 e. The second-order valence-corrected chi connectivity index (χ2v) is 8.72. The number of hydrogen-bond donors (Lipinski definition) is 2. The molecule has 1 aromatic carbocycles. The molecule has 0 radical (unpaired) electrons. The van der Waals surface area contributed by atoms with E-state index in [4.69, 9.17) is 9.29 Å². The number of hydrogen-bond acceptors (Lipinski definition) is 6. The van der Waals surface area contributed by atoms with Crippen LogP contribution in [-0.4, -0.2) is 35.8 Å². The summed E-state index contributed by atoms with van der Waals surface area (Å²) in [5.74, 6) is 0.616. The fourth-order valence-corrected chi connectivity index (χ4v) is 4.16. The van der Waals surface area contributed by atoms with Gasteiger partial charge in [-0.2, -0.15) is 8.42 Å². The van der Waals surface area contributed by atoms with E-state index in [1.807, 2.05) is 12.1 Å². The lowest BCUT2D eigenvalue weighted by atomic mass is 10.1. The highest BCUT2D eigenvalue weighted by molar-refractivity contribution is 7.88. The molecule has 0 aliphatic heterocycles. The summed E-state index contributed by atoms with van der Waals surface area (Å²) in [6, 6.07) is 14.0. The molecule has 3 rings (SSSR count). The standard InChI is InChI=1S/C19H19NO5S2/c21-16(6-3-14-2-1-11-20-12-14)13-25-17-7-4-15(5-8-17)18-9-10-19(26-18)27(22,23)24/h1-2,4-5,7-12,16,21H,3,6,13H2,(H,22,23,24)/t16-/m0/s1. The first kappa shape index (κ1) is 19.5. The van der Waals surface area contributed by atoms with E-state index in [1.165, 1.54) is 6.07 Å². The van der Waals surface area contributed by atoms with Crippen LogP contribution in [0.25, 0.3) is 10.4 Å². The molecular weight excluding hydrogens is 386 g/mol. The Morgan fingerprint density at radius 2 is 1.89 bits per heavy atom. The van der Waals surface area contributed by atoms with Gasteiger partial charge >= 0.3 is 10.1 Å². The Labute approximate surface area is 161 Å². The minimum absolute atomic E-state index is 0.0884. The number of rotatable bonds is 8. The number of thiophene rings is 1. The first-order valence-electron chi connectivity index (χ1n) is 8.29. The van der Waals surface area contributed by atoms with E-state index in [1.54, 1.807) is 42.7 Å². The van der Waals surface area contributed by atoms with Crippen LogP contribution >= 0.6 is 11.3 Å². The maximum absolute atomic E-state index is 11.1. The van der Waals surface area contributed by atoms with Crippen molar-refractivity contribution in [2.45, 2.75) is 23.2 Å². The van der Waals surface area contributed by atoms with Crippen molar-refractivity contribution in [3.63, 3.8) is 0 Å². The van der Waals surface area contributed by atoms with Gasteiger partial charge < -0.3 is 9.84 Å². The van der Waals surface area contributed by atoms with Crippen molar-refractivity contribution >= 4 is 21.5 Å². The molecule has 0 spiro atoms. The Balaban J connectivity index is 1.52. The van der Waals surface area contributed by atoms with E-state index in [-0.39, 0.29) is 10.8 Å². The second kappa shape index (κ2) is 8.62. The molecule has 2 aromatic heterocycles. The first-order valence-corrected chi connectivity index (χ1v) is 10.5. The maximum atomic E-state index is 11.1. The van der Waals surface area contributed by atoms with Crippen molar-refractivity contribution < 1.29 is 22.8 Å². The lowest BCUT2D eigenvalue weighted by Gasteiger charge is -2.12. The fourth-order valence-electron chi connectivity index (χ4n) is 2.48. The van der Waals surface area contributed by atoms with Gasteiger partial charge in [-0.1, -0.05) is 6.07 Å². The Bertz CT molecular complexity index is 969. The van der Waals surface area contributed by atoms with Gasteiger partial charge in [-0.25, -0.2) is 0 Å². The predicted molar refractivity (Wildman–Crippen MR) is 104 cm³/mol. The SMILES string of the molecule is O=S(=O)(O)c1ccc(-c2ccc(OC[C@@H](O)CCc3cccnc3)cc2)s1. The van der Waals surface area contributed by atoms with Crippen LogP contribution in [0.15, 0.2) is 65.1 Å². The number of aliphatic hydroxyl groups is 1. The number of aromatic nitrogens is 1. The van der Waals surface area contributed by atoms with Crippen LogP contribution in [-0.2, 0) is 16.5 Å². The van der Waals surface area contributed by atoms with Crippen LogP contribution in [0, 0.1) is 0 Å². The Morgan fingerprint density at radius 1 is 1.11 bits per heavy atom. The van der Waals surface area contributed by atoms with Gasteiger partial charge in [0.1, 0.15) is 16.6 Å². The molecule has 0 fully saturated rings. The zero-order valence-electron chi connectivity index (χ0n) is 14.4. The molecule has 8 heteroatoms. The number of nitrogens with zero attached hydrogens (tertiary/aromatic N) is 1. The Morgan fingerprint density at radius 3 is 2.52 bits per heavy atom. The van der Waals surface area contributed by atoms with Gasteiger partial charge in [0.2, 0.25) is 0 Å². The van der Waals surface area contributed by atoms with Crippen molar-refractivity contribution in [2.75, 3.05) is 6.61 Å². The molecule has 0 amide bonds. The first-order chi connectivity index (χ1) is 12.9. The van der Waals surface area contributed by atoms with Crippen molar-refractivity contribution in [3.05, 3.63) is 66.5 Å². The highest BCUT2D eigenvalue weighted by Gasteiger charge is 2.13. The molecule has 27 heavy (non-hydrogen) atoms. The third kappa shape index (κ3) is 5.61. The van der Waals surface area contributed by atoms with Gasteiger partial charge in [0.05, 0.1) is 6.10 Å². The average Bonchev–Trinajstić information content (AvgIpc) is 3.17. The summed E-state index contributed by atoms with van der Waals surface area (Å²) < 4.78 is 36.9. The van der Waals surface area contributed by atoms with Gasteiger partial charge in [0.15, 0.2) is 0 Å². The zero-order valence-corrected chi connectivity index (χ0v) is 16.0. The van der Waals surface area contributed by atoms with E-state index < -0.39 is 16.2 Å². The van der Waals surface area contributed by atoms with Gasteiger partial charge in [0.25, 0.3) is 0 Å². The molecular formula is C19H19NO5S2. The van der Waals surface area contributed by atoms with E-state index in [9.17, 15) is 13.5 Å². The number of pyridine rings is 1. The van der Waals surface area contributed by atoms with E-state index in [0.29, 0.717) is 12.2 Å². The van der Waals surface area contributed by atoms with Crippen LogP contribution in [0.1, 0.15) is 12.0 Å². The minimum Gasteiger partial charge on any atom is -0.491 e. The van der Waals surface area contributed by atoms with Crippen LogP contribution in [0.3, 0.4) is 0 Å². The Hall–Kier alpha value is -2.26. The predicted octanol–water partition coefficient (Wildman–Crippen LogP) is 3.43. The molecule has 0 aliphatic carbocycles. The highest BCUT2D eigenvalue weighted by Crippen LogP contribution is 2.31. The minimum atomic E-state index is -4.18. The Kier molecular flexibility index (Phi) is 6.22. The molecule has 142 valence electrons. The van der Waals surface area contributed by atoms with Gasteiger partial charge in [-0.05, 0) is 66.4 Å². The zero-order chi connectivity index (χ0) is 19.3. The monoisotopic (exact) mass is 405 g/mol. The van der Waals surface area contributed by atoms with Gasteiger partial charge in [-0.3, -0.25) is 9.54 Å². The number of aliphatic hydroxyl groups excluding tert-OH is 1. The number of ether oxygens (including phenoxy) is 1. The van der Waals surface area contributed by atoms with E-state index >= 15 is 0 Å². The quantitative estimate of drug-likeness (QED) is 0.558. The van der Waals surface area contributed by atoms with E-state index in [2.05, 4.69) is 4.98 Å². The molecule has 3 aromatic rings. The second-order valence-electron chi connectivity index (χ2n) is 5.98. The normalized spacial score (nSPS) is 12.7. The molecule has 6 nitrogen and oxygen atoms in total. The van der Waals surface area contributed by atoms with E-state index in [0.717, 1.165) is 33.8 Å². The molecule has 1 atom stereocenters. The lowest BCUT2D eigenvalue weighted by molar-refractivity contribution is 0.100. The van der Waals surface area contributed by atoms with Crippen molar-refractivity contribution in [1.82, 2.24) is 4.98 Å². The summed E-state index contributed by atoms with van der Waals surface area (Å²) in [7, 11) is -4.18. The third-order valence-corrected chi connectivity index (χ3v) is 6.36. The average molecular weight is 405 g/mol. The lowest BCUT2D eigenvalue weighted by Crippen LogP contribution is -2.18. The van der Waals surface area contributed by atoms with Crippen molar-refractivity contribution in [2.24, 2.45) is 0 Å². The molecule has 0 aliphatic rings. The summed E-state index contributed by atoms with van der Waals surface area (Å²) in [6.07, 6.45) is 4.22. The third-order valence-electron chi connectivity index (χ3n) is 3.91. The number of aryl methyl sites for hydroxylation is 1. The largest absolute Gasteiger partial charge is 0.491 e. The molecule has 0 bridgehead atoms. The van der Waals surface area contributed by atoms with Crippen LogP contribution < -0.4 is 4.74 Å². The van der Waals surface area contributed by atoms with Gasteiger partial charge in [-0.15, -0.1) is 11.3 Å². The maximum Gasteiger partial charge on any atom is 0.304 e. The summed E-state index contributed by atoms with van der Waals surface area (Å²) in [5, 5.41) is 10.1. The molecule has 0 unspecified atom stereocenters. The molecule has 2 N–H and O–H groups in total. The highest BCUT2D eigenvalue weighted by atomic mass is 32.3. The van der Waals surface area contributed by atoms with Crippen LogP contribution in [0.5, 0.6) is 5.75 Å². The summed E-state index contributed by atoms with van der Waals surface area (Å²) in [5.41, 5.74) is 1.89. The van der Waals surface area contributed by atoms with Crippen molar-refractivity contribution in [1.29, 1.82) is 0 Å². The topological polar surface area (TPSA) is 96.7 Å². The summed E-state index contributed by atoms with van der Waals surface area (Å²) >= 11 is 0.998. The molecule has 2 heterocycles. The van der Waals surface area contributed by atoms with Crippen LogP contribution in [0.2, 0.25) is 0 Å². The summed E-state index contributed by atoms with van der Waals surface area (Å²) in [4.78, 5) is 4.77. The number of benzene rings is 1. The molecule has 0 saturated heterocycles. The van der Waals surface area contributed by atoms with Crippen molar-refractivity contribution in [3.8, 4) is 16.2 Å². The fraction of sp³-hybridized carbons (Fsp3) is 0.211. The molecule has 0 saturated carbocycles. The van der Waals surface area contributed by atoms with Crippen LogP contribution in [0.4, 0.5) is 0 Å².